The van der Waals surface area contributed by atoms with E-state index in [1.165, 1.54) is 4.90 Å². The molecule has 3 heterocycles. The molecule has 0 aliphatic carbocycles. The van der Waals surface area contributed by atoms with Crippen LogP contribution in [0.2, 0.25) is 0 Å². The van der Waals surface area contributed by atoms with Crippen LogP contribution in [0.3, 0.4) is 0 Å². The first-order chi connectivity index (χ1) is 20.2. The Hall–Kier alpha value is -3.53. The number of hydrogen-bond acceptors (Lipinski definition) is 5. The number of carbonyl (C=O) groups is 3. The smallest absolute Gasteiger partial charge is 0.250 e. The maximum absolute atomic E-state index is 14.5. The first-order valence-electron chi connectivity index (χ1n) is 14.2. The van der Waals surface area contributed by atoms with Crippen LogP contribution >= 0.6 is 15.9 Å². The Kier molecular flexibility index (Phi) is 7.68. The number of aliphatic hydroxyl groups is 1. The second-order valence-electron chi connectivity index (χ2n) is 11.5. The summed E-state index contributed by atoms with van der Waals surface area (Å²) < 4.78 is 6.63. The van der Waals surface area contributed by atoms with Gasteiger partial charge in [-0.05, 0) is 48.6 Å². The van der Waals surface area contributed by atoms with E-state index in [0.717, 1.165) is 16.7 Å². The van der Waals surface area contributed by atoms with Crippen molar-refractivity contribution in [3.8, 4) is 0 Å². The normalized spacial score (nSPS) is 28.4. The van der Waals surface area contributed by atoms with Crippen LogP contribution < -0.4 is 10.6 Å². The lowest BCUT2D eigenvalue weighted by atomic mass is 9.70. The molecule has 0 radical (unpaired) electrons. The summed E-state index contributed by atoms with van der Waals surface area (Å²) in [5.74, 6) is -2.72. The number of hydrogen-bond donors (Lipinski definition) is 3. The molecule has 1 spiro atoms. The average Bonchev–Trinajstić information content (AvgIpc) is 3.59. The standard InChI is InChI=1S/C33H34BrN3O5/c1-19-13-14-20(2)24(15-19)36-31(40)29-33-16-23(34)28(42-33)26(30(39)35-17-21-9-5-3-6-10-21)27(33)32(41)37(29)25(18-38)22-11-7-4-8-12-22/h3-15,23,25-29,38H,16-18H2,1-2H3,(H,35,39)(H,36,40)/t23?,25-,26+,27+,28+,29?,33?/m1/s1. The summed E-state index contributed by atoms with van der Waals surface area (Å²) in [6.45, 7) is 3.78. The predicted octanol–water partition coefficient (Wildman–Crippen LogP) is 4.04. The fourth-order valence-electron chi connectivity index (χ4n) is 7.01. The number of rotatable bonds is 8. The third-order valence-electron chi connectivity index (χ3n) is 8.93. The van der Waals surface area contributed by atoms with Crippen molar-refractivity contribution in [1.29, 1.82) is 0 Å². The number of benzene rings is 3. The van der Waals surface area contributed by atoms with E-state index in [-0.39, 0.29) is 16.6 Å². The lowest BCUT2D eigenvalue weighted by molar-refractivity contribution is -0.144. The zero-order chi connectivity index (χ0) is 29.6. The van der Waals surface area contributed by atoms with Gasteiger partial charge in [-0.15, -0.1) is 0 Å². The van der Waals surface area contributed by atoms with E-state index in [1.807, 2.05) is 92.7 Å². The van der Waals surface area contributed by atoms with Crippen LogP contribution in [0.25, 0.3) is 0 Å². The van der Waals surface area contributed by atoms with Gasteiger partial charge in [-0.25, -0.2) is 0 Å². The molecule has 3 aromatic carbocycles. The Morgan fingerprint density at radius 3 is 2.43 bits per heavy atom. The number of amides is 3. The second-order valence-corrected chi connectivity index (χ2v) is 12.7. The summed E-state index contributed by atoms with van der Waals surface area (Å²) in [5.41, 5.74) is 2.91. The van der Waals surface area contributed by atoms with Crippen LogP contribution in [0.15, 0.2) is 78.9 Å². The van der Waals surface area contributed by atoms with E-state index in [9.17, 15) is 19.5 Å². The van der Waals surface area contributed by atoms with Gasteiger partial charge in [-0.3, -0.25) is 14.4 Å². The number of fused-ring (bicyclic) bond motifs is 1. The van der Waals surface area contributed by atoms with Gasteiger partial charge < -0.3 is 25.4 Å². The molecule has 3 aliphatic rings. The molecule has 42 heavy (non-hydrogen) atoms. The minimum absolute atomic E-state index is 0.228. The number of aryl methyl sites for hydroxylation is 2. The van der Waals surface area contributed by atoms with Gasteiger partial charge in [0.05, 0.1) is 30.6 Å². The van der Waals surface area contributed by atoms with E-state index in [1.54, 1.807) is 0 Å². The Balaban J connectivity index is 1.39. The molecule has 3 unspecified atom stereocenters. The van der Waals surface area contributed by atoms with E-state index in [0.29, 0.717) is 24.2 Å². The molecule has 3 fully saturated rings. The number of alkyl halides is 1. The molecule has 8 nitrogen and oxygen atoms in total. The summed E-state index contributed by atoms with van der Waals surface area (Å²) >= 11 is 3.72. The van der Waals surface area contributed by atoms with Crippen molar-refractivity contribution in [3.05, 3.63) is 101 Å². The Morgan fingerprint density at radius 1 is 1.05 bits per heavy atom. The molecule has 7 atom stereocenters. The Bertz CT molecular complexity index is 1500. The van der Waals surface area contributed by atoms with Crippen LogP contribution in [0, 0.1) is 25.7 Å². The Morgan fingerprint density at radius 2 is 1.74 bits per heavy atom. The number of nitrogens with zero attached hydrogens (tertiary/aromatic N) is 1. The minimum Gasteiger partial charge on any atom is -0.394 e. The molecule has 0 aromatic heterocycles. The van der Waals surface area contributed by atoms with E-state index in [2.05, 4.69) is 26.6 Å². The molecule has 3 aliphatic heterocycles. The van der Waals surface area contributed by atoms with Gasteiger partial charge in [0.1, 0.15) is 11.6 Å². The average molecular weight is 633 g/mol. The van der Waals surface area contributed by atoms with Crippen LogP contribution in [0.4, 0.5) is 5.69 Å². The predicted molar refractivity (Wildman–Crippen MR) is 162 cm³/mol. The number of nitrogens with one attached hydrogen (secondary N) is 2. The molecule has 3 saturated heterocycles. The highest BCUT2D eigenvalue weighted by molar-refractivity contribution is 9.09. The van der Waals surface area contributed by atoms with Gasteiger partial charge >= 0.3 is 0 Å². The molecule has 3 N–H and O–H groups in total. The van der Waals surface area contributed by atoms with Gasteiger partial charge in [0.25, 0.3) is 0 Å². The lowest BCUT2D eigenvalue weighted by Gasteiger charge is -2.37. The van der Waals surface area contributed by atoms with Crippen LogP contribution in [0.5, 0.6) is 0 Å². The van der Waals surface area contributed by atoms with E-state index < -0.39 is 48.1 Å². The quantitative estimate of drug-likeness (QED) is 0.325. The Labute approximate surface area is 253 Å². The summed E-state index contributed by atoms with van der Waals surface area (Å²) in [6.07, 6.45) is -0.192. The molecule has 6 rings (SSSR count). The maximum Gasteiger partial charge on any atom is 0.250 e. The van der Waals surface area contributed by atoms with E-state index in [4.69, 9.17) is 4.74 Å². The zero-order valence-corrected chi connectivity index (χ0v) is 25.1. The van der Waals surface area contributed by atoms with Crippen LogP contribution in [-0.2, 0) is 25.7 Å². The first-order valence-corrected chi connectivity index (χ1v) is 15.2. The molecule has 0 saturated carbocycles. The lowest BCUT2D eigenvalue weighted by Crippen LogP contribution is -2.55. The number of ether oxygens (including phenoxy) is 1. The SMILES string of the molecule is Cc1ccc(C)c(NC(=O)C2N([C@H](CO)c3ccccc3)C(=O)[C@@H]3[C@H](C(=O)NCc4ccccc4)[C@H]4OC23CC4Br)c1. The largest absolute Gasteiger partial charge is 0.394 e. The summed E-state index contributed by atoms with van der Waals surface area (Å²) in [6, 6.07) is 22.7. The van der Waals surface area contributed by atoms with Crippen molar-refractivity contribution in [2.75, 3.05) is 11.9 Å². The third-order valence-corrected chi connectivity index (χ3v) is 9.78. The molecular weight excluding hydrogens is 598 g/mol. The molecule has 3 aromatic rings. The van der Waals surface area contributed by atoms with Gasteiger partial charge in [0, 0.05) is 17.1 Å². The topological polar surface area (TPSA) is 108 Å². The number of likely N-dealkylation sites (tertiary alicyclic amines) is 1. The molecule has 2 bridgehead atoms. The van der Waals surface area contributed by atoms with Gasteiger partial charge in [0.15, 0.2) is 0 Å². The van der Waals surface area contributed by atoms with Crippen molar-refractivity contribution < 1.29 is 24.2 Å². The van der Waals surface area contributed by atoms with Crippen molar-refractivity contribution in [2.45, 2.75) is 55.4 Å². The van der Waals surface area contributed by atoms with Crippen molar-refractivity contribution in [2.24, 2.45) is 11.8 Å². The first kappa shape index (κ1) is 28.6. The summed E-state index contributed by atoms with van der Waals surface area (Å²) in [4.78, 5) is 43.8. The van der Waals surface area contributed by atoms with Crippen LogP contribution in [-0.4, -0.2) is 56.9 Å². The third kappa shape index (κ3) is 4.73. The summed E-state index contributed by atoms with van der Waals surface area (Å²) in [7, 11) is 0. The summed E-state index contributed by atoms with van der Waals surface area (Å²) in [5, 5.41) is 16.7. The minimum atomic E-state index is -1.24. The molecule has 218 valence electrons. The number of aliphatic hydroxyl groups excluding tert-OH is 1. The van der Waals surface area contributed by atoms with E-state index >= 15 is 0 Å². The molecule has 3 amide bonds. The van der Waals surface area contributed by atoms with Crippen molar-refractivity contribution in [3.63, 3.8) is 0 Å². The zero-order valence-electron chi connectivity index (χ0n) is 23.5. The fourth-order valence-corrected chi connectivity index (χ4v) is 7.95. The van der Waals surface area contributed by atoms with Gasteiger partial charge in [0.2, 0.25) is 17.7 Å². The number of carbonyl (C=O) groups excluding carboxylic acids is 3. The molecule has 9 heteroatoms. The second kappa shape index (κ2) is 11.3. The van der Waals surface area contributed by atoms with Gasteiger partial charge in [-0.2, -0.15) is 0 Å². The number of halogens is 1. The van der Waals surface area contributed by atoms with Crippen molar-refractivity contribution >= 4 is 39.3 Å². The highest BCUT2D eigenvalue weighted by Gasteiger charge is 2.77. The number of anilines is 1. The van der Waals surface area contributed by atoms with Gasteiger partial charge in [-0.1, -0.05) is 88.7 Å². The highest BCUT2D eigenvalue weighted by Crippen LogP contribution is 2.61. The van der Waals surface area contributed by atoms with Crippen LogP contribution in [0.1, 0.15) is 34.7 Å². The monoisotopic (exact) mass is 631 g/mol. The van der Waals surface area contributed by atoms with Crippen molar-refractivity contribution in [1.82, 2.24) is 10.2 Å². The maximum atomic E-state index is 14.5. The highest BCUT2D eigenvalue weighted by atomic mass is 79.9. The fraction of sp³-hybridized carbons (Fsp3) is 0.364. The molecular formula is C33H34BrN3O5.